The monoisotopic (exact) mass is 446 g/mol. The number of imidazole rings is 1. The molecule has 9 heteroatoms. The molecule has 0 saturated heterocycles. The zero-order valence-electron chi connectivity index (χ0n) is 18.8. The highest BCUT2D eigenvalue weighted by Crippen LogP contribution is 2.34. The van der Waals surface area contributed by atoms with Gasteiger partial charge in [-0.15, -0.1) is 0 Å². The summed E-state index contributed by atoms with van der Waals surface area (Å²) in [6, 6.07) is 13.8. The largest absolute Gasteiger partial charge is 0.497 e. The number of nitrogens with one attached hydrogen (secondary N) is 2. The second-order valence-electron chi connectivity index (χ2n) is 8.00. The van der Waals surface area contributed by atoms with Crippen LogP contribution in [-0.4, -0.2) is 39.8 Å². The van der Waals surface area contributed by atoms with Crippen molar-refractivity contribution in [1.82, 2.24) is 19.5 Å². The van der Waals surface area contributed by atoms with E-state index in [1.807, 2.05) is 47.0 Å². The Morgan fingerprint density at radius 2 is 1.82 bits per heavy atom. The lowest BCUT2D eigenvalue weighted by Gasteiger charge is -2.19. The SMILES string of the molecule is COc1ccc(CNc2nc(Nc3ccc4c(c3)OCCO4)nc3c2ncn3C(C)C)cc1. The van der Waals surface area contributed by atoms with Crippen molar-refractivity contribution in [2.45, 2.75) is 26.4 Å². The van der Waals surface area contributed by atoms with Crippen molar-refractivity contribution in [1.29, 1.82) is 0 Å². The maximum absolute atomic E-state index is 5.70. The van der Waals surface area contributed by atoms with Crippen LogP contribution in [0.2, 0.25) is 0 Å². The van der Waals surface area contributed by atoms with Gasteiger partial charge in [0.15, 0.2) is 28.5 Å². The smallest absolute Gasteiger partial charge is 0.231 e. The first kappa shape index (κ1) is 20.9. The van der Waals surface area contributed by atoms with E-state index in [1.54, 1.807) is 13.4 Å². The molecule has 0 spiro atoms. The minimum absolute atomic E-state index is 0.210. The van der Waals surface area contributed by atoms with Gasteiger partial charge in [-0.3, -0.25) is 0 Å². The highest BCUT2D eigenvalue weighted by Gasteiger charge is 2.16. The highest BCUT2D eigenvalue weighted by atomic mass is 16.6. The second kappa shape index (κ2) is 8.85. The molecule has 2 N–H and O–H groups in total. The van der Waals surface area contributed by atoms with Gasteiger partial charge in [0.05, 0.1) is 13.4 Å². The minimum Gasteiger partial charge on any atom is -0.497 e. The van der Waals surface area contributed by atoms with Crippen molar-refractivity contribution in [3.05, 3.63) is 54.4 Å². The number of anilines is 3. The lowest BCUT2D eigenvalue weighted by atomic mass is 10.2. The van der Waals surface area contributed by atoms with Crippen LogP contribution in [0.25, 0.3) is 11.2 Å². The number of hydrogen-bond acceptors (Lipinski definition) is 8. The summed E-state index contributed by atoms with van der Waals surface area (Å²) in [6.45, 7) is 5.88. The van der Waals surface area contributed by atoms with Crippen LogP contribution in [0.3, 0.4) is 0 Å². The molecule has 3 heterocycles. The van der Waals surface area contributed by atoms with Gasteiger partial charge in [-0.2, -0.15) is 9.97 Å². The summed E-state index contributed by atoms with van der Waals surface area (Å²) < 4.78 is 18.6. The van der Waals surface area contributed by atoms with Gasteiger partial charge >= 0.3 is 0 Å². The zero-order valence-corrected chi connectivity index (χ0v) is 18.8. The summed E-state index contributed by atoms with van der Waals surface area (Å²) in [5.41, 5.74) is 3.41. The quantitative estimate of drug-likeness (QED) is 0.427. The molecule has 1 aliphatic heterocycles. The molecule has 0 unspecified atom stereocenters. The third kappa shape index (κ3) is 4.34. The predicted octanol–water partition coefficient (Wildman–Crippen LogP) is 4.54. The summed E-state index contributed by atoms with van der Waals surface area (Å²) in [6.07, 6.45) is 1.80. The molecule has 33 heavy (non-hydrogen) atoms. The molecule has 170 valence electrons. The van der Waals surface area contributed by atoms with E-state index in [0.29, 0.717) is 37.3 Å². The zero-order chi connectivity index (χ0) is 22.8. The molecule has 0 fully saturated rings. The number of aromatic nitrogens is 4. The Morgan fingerprint density at radius 3 is 2.58 bits per heavy atom. The average Bonchev–Trinajstić information content (AvgIpc) is 3.27. The molecule has 4 aromatic rings. The van der Waals surface area contributed by atoms with Crippen LogP contribution in [0.5, 0.6) is 17.2 Å². The molecule has 5 rings (SSSR count). The third-order valence-corrected chi connectivity index (χ3v) is 5.40. The van der Waals surface area contributed by atoms with Gasteiger partial charge in [-0.25, -0.2) is 4.98 Å². The molecule has 1 aliphatic rings. The number of benzene rings is 2. The van der Waals surface area contributed by atoms with Crippen molar-refractivity contribution in [3.8, 4) is 17.2 Å². The molecule has 0 amide bonds. The van der Waals surface area contributed by atoms with Gasteiger partial charge in [0.25, 0.3) is 0 Å². The summed E-state index contributed by atoms with van der Waals surface area (Å²) in [5.74, 6) is 3.40. The molecule has 2 aromatic carbocycles. The number of nitrogens with zero attached hydrogens (tertiary/aromatic N) is 4. The van der Waals surface area contributed by atoms with Gasteiger partial charge in [0.2, 0.25) is 5.95 Å². The molecule has 0 bridgehead atoms. The Balaban J connectivity index is 1.46. The van der Waals surface area contributed by atoms with Crippen molar-refractivity contribution in [2.75, 3.05) is 31.0 Å². The number of ether oxygens (including phenoxy) is 3. The fraction of sp³-hybridized carbons (Fsp3) is 0.292. The van der Waals surface area contributed by atoms with Crippen molar-refractivity contribution >= 4 is 28.6 Å². The number of hydrogen-bond donors (Lipinski definition) is 2. The van der Waals surface area contributed by atoms with Gasteiger partial charge < -0.3 is 29.4 Å². The van der Waals surface area contributed by atoms with Gasteiger partial charge in [-0.1, -0.05) is 12.1 Å². The van der Waals surface area contributed by atoms with E-state index in [9.17, 15) is 0 Å². The number of methoxy groups -OCH3 is 1. The van der Waals surface area contributed by atoms with E-state index in [0.717, 1.165) is 33.9 Å². The summed E-state index contributed by atoms with van der Waals surface area (Å²) in [4.78, 5) is 14.1. The molecular weight excluding hydrogens is 420 g/mol. The van der Waals surface area contributed by atoms with Crippen LogP contribution in [0.15, 0.2) is 48.8 Å². The van der Waals surface area contributed by atoms with Crippen LogP contribution in [0.4, 0.5) is 17.5 Å². The standard InChI is InChI=1S/C24H26N6O3/c1-15(2)30-14-26-21-22(25-13-16-4-7-18(31-3)8-5-16)28-24(29-23(21)30)27-17-6-9-19-20(12-17)33-11-10-32-19/h4-9,12,14-15H,10-11,13H2,1-3H3,(H2,25,27,28,29). The Kier molecular flexibility index (Phi) is 5.60. The van der Waals surface area contributed by atoms with E-state index >= 15 is 0 Å². The maximum atomic E-state index is 5.70. The van der Waals surface area contributed by atoms with E-state index in [-0.39, 0.29) is 6.04 Å². The van der Waals surface area contributed by atoms with Crippen LogP contribution >= 0.6 is 0 Å². The van der Waals surface area contributed by atoms with Crippen molar-refractivity contribution < 1.29 is 14.2 Å². The molecule has 0 radical (unpaired) electrons. The number of fused-ring (bicyclic) bond motifs is 2. The third-order valence-electron chi connectivity index (χ3n) is 5.40. The summed E-state index contributed by atoms with van der Waals surface area (Å²) in [7, 11) is 1.66. The lowest BCUT2D eigenvalue weighted by Crippen LogP contribution is -2.15. The van der Waals surface area contributed by atoms with Gasteiger partial charge in [-0.05, 0) is 43.7 Å². The Morgan fingerprint density at radius 1 is 1.03 bits per heavy atom. The molecule has 0 aliphatic carbocycles. The molecule has 0 atom stereocenters. The predicted molar refractivity (Wildman–Crippen MR) is 127 cm³/mol. The summed E-state index contributed by atoms with van der Waals surface area (Å²) >= 11 is 0. The average molecular weight is 447 g/mol. The van der Waals surface area contributed by atoms with Gasteiger partial charge in [0.1, 0.15) is 19.0 Å². The van der Waals surface area contributed by atoms with E-state index in [1.165, 1.54) is 0 Å². The first-order chi connectivity index (χ1) is 16.1. The minimum atomic E-state index is 0.210. The van der Waals surface area contributed by atoms with Crippen LogP contribution in [0, 0.1) is 0 Å². The highest BCUT2D eigenvalue weighted by molar-refractivity contribution is 5.85. The topological polar surface area (TPSA) is 95.3 Å². The van der Waals surface area contributed by atoms with Crippen LogP contribution in [0.1, 0.15) is 25.5 Å². The first-order valence-corrected chi connectivity index (χ1v) is 10.9. The van der Waals surface area contributed by atoms with Crippen LogP contribution in [-0.2, 0) is 6.54 Å². The fourth-order valence-electron chi connectivity index (χ4n) is 3.65. The van der Waals surface area contributed by atoms with Crippen molar-refractivity contribution in [2.24, 2.45) is 0 Å². The molecule has 2 aromatic heterocycles. The maximum Gasteiger partial charge on any atom is 0.231 e. The Hall–Kier alpha value is -4.01. The Bertz CT molecular complexity index is 1270. The first-order valence-electron chi connectivity index (χ1n) is 10.9. The van der Waals surface area contributed by atoms with Gasteiger partial charge in [0, 0.05) is 24.3 Å². The van der Waals surface area contributed by atoms with Crippen molar-refractivity contribution in [3.63, 3.8) is 0 Å². The fourth-order valence-corrected chi connectivity index (χ4v) is 3.65. The van der Waals surface area contributed by atoms with Crippen LogP contribution < -0.4 is 24.8 Å². The molecule has 9 nitrogen and oxygen atoms in total. The van der Waals surface area contributed by atoms with E-state index < -0.39 is 0 Å². The number of rotatable bonds is 7. The molecule has 0 saturated carbocycles. The summed E-state index contributed by atoms with van der Waals surface area (Å²) in [5, 5.41) is 6.72. The molecular formula is C24H26N6O3. The van der Waals surface area contributed by atoms with E-state index in [2.05, 4.69) is 29.5 Å². The van der Waals surface area contributed by atoms with E-state index in [4.69, 9.17) is 24.2 Å². The normalized spacial score (nSPS) is 12.7. The lowest BCUT2D eigenvalue weighted by molar-refractivity contribution is 0.171. The Labute approximate surface area is 191 Å². The second-order valence-corrected chi connectivity index (χ2v) is 8.00.